The number of hydrogen-bond acceptors (Lipinski definition) is 2. The van der Waals surface area contributed by atoms with Gasteiger partial charge in [-0.15, -0.1) is 0 Å². The van der Waals surface area contributed by atoms with Gasteiger partial charge >= 0.3 is 6.03 Å². The van der Waals surface area contributed by atoms with Crippen molar-refractivity contribution in [2.45, 2.75) is 26.8 Å². The number of anilines is 1. The van der Waals surface area contributed by atoms with Gasteiger partial charge in [0.25, 0.3) is 0 Å². The number of carbonyl (C=O) groups is 1. The minimum Gasteiger partial charge on any atom is -0.320 e. The second-order valence-electron chi connectivity index (χ2n) is 6.35. The third-order valence-corrected chi connectivity index (χ3v) is 4.49. The highest BCUT2D eigenvalue weighted by Crippen LogP contribution is 2.22. The number of para-hydroxylation sites is 1. The number of hydrogen-bond donors (Lipinski definition) is 1. The van der Waals surface area contributed by atoms with E-state index in [1.807, 2.05) is 68.4 Å². The van der Waals surface area contributed by atoms with Gasteiger partial charge in [0, 0.05) is 23.2 Å². The third kappa shape index (κ3) is 4.33. The molecule has 0 spiro atoms. The fourth-order valence-corrected chi connectivity index (χ4v) is 3.11. The van der Waals surface area contributed by atoms with E-state index in [1.54, 1.807) is 4.90 Å². The first-order chi connectivity index (χ1) is 12.6. The monoisotopic (exact) mass is 367 g/mol. The average molecular weight is 368 g/mol. The number of carbonyl (C=O) groups excluding carboxylic acids is 1. The lowest BCUT2D eigenvalue weighted by Gasteiger charge is -2.23. The lowest BCUT2D eigenvalue weighted by Crippen LogP contribution is -2.35. The van der Waals surface area contributed by atoms with Gasteiger partial charge in [0.2, 0.25) is 0 Å². The van der Waals surface area contributed by atoms with Crippen molar-refractivity contribution in [3.8, 4) is 0 Å². The topological polar surface area (TPSA) is 45.2 Å². The van der Waals surface area contributed by atoms with Gasteiger partial charge in [0.05, 0.1) is 12.1 Å². The maximum absolute atomic E-state index is 12.7. The fraction of sp³-hybridized carbons (Fsp3) is 0.238. The van der Waals surface area contributed by atoms with Crippen LogP contribution in [0.2, 0.25) is 5.15 Å². The molecule has 0 aliphatic carbocycles. The maximum atomic E-state index is 12.7. The Morgan fingerprint density at radius 1 is 1.15 bits per heavy atom. The van der Waals surface area contributed by atoms with Crippen LogP contribution in [0.3, 0.4) is 0 Å². The molecule has 0 radical (unpaired) electrons. The molecule has 1 N–H and O–H groups in total. The number of amides is 2. The highest BCUT2D eigenvalue weighted by Gasteiger charge is 2.16. The summed E-state index contributed by atoms with van der Waals surface area (Å²) in [6.45, 7) is 5.11. The minimum atomic E-state index is -0.137. The Morgan fingerprint density at radius 3 is 2.73 bits per heavy atom. The number of aryl methyl sites for hydroxylation is 1. The standard InChI is InChI=1S/C21H22ClN3O/c1-3-11-25(21(26)23-18-9-6-7-15(2)12-18)14-17-13-16-8-4-5-10-19(16)24-20(17)22/h4-10,12-13H,3,11,14H2,1-2H3,(H,23,26). The van der Waals surface area contributed by atoms with Crippen molar-refractivity contribution in [1.82, 2.24) is 9.88 Å². The number of nitrogens with one attached hydrogen (secondary N) is 1. The van der Waals surface area contributed by atoms with Gasteiger partial charge in [0.1, 0.15) is 5.15 Å². The van der Waals surface area contributed by atoms with Gasteiger partial charge in [-0.25, -0.2) is 9.78 Å². The molecule has 2 amide bonds. The number of halogens is 1. The van der Waals surface area contributed by atoms with Gasteiger partial charge in [-0.05, 0) is 43.2 Å². The van der Waals surface area contributed by atoms with Crippen LogP contribution < -0.4 is 5.32 Å². The van der Waals surface area contributed by atoms with E-state index in [1.165, 1.54) is 0 Å². The Bertz CT molecular complexity index is 926. The van der Waals surface area contributed by atoms with Gasteiger partial charge in [0.15, 0.2) is 0 Å². The molecule has 0 aliphatic rings. The second-order valence-corrected chi connectivity index (χ2v) is 6.71. The number of nitrogens with zero attached hydrogens (tertiary/aromatic N) is 2. The van der Waals surface area contributed by atoms with Crippen LogP contribution in [0, 0.1) is 6.92 Å². The van der Waals surface area contributed by atoms with E-state index in [0.29, 0.717) is 18.2 Å². The van der Waals surface area contributed by atoms with E-state index in [2.05, 4.69) is 10.3 Å². The lowest BCUT2D eigenvalue weighted by molar-refractivity contribution is 0.209. The van der Waals surface area contributed by atoms with Crippen molar-refractivity contribution in [3.63, 3.8) is 0 Å². The molecule has 0 unspecified atom stereocenters. The van der Waals surface area contributed by atoms with Crippen LogP contribution in [0.4, 0.5) is 10.5 Å². The summed E-state index contributed by atoms with van der Waals surface area (Å²) in [6, 6.07) is 17.5. The summed E-state index contributed by atoms with van der Waals surface area (Å²) < 4.78 is 0. The van der Waals surface area contributed by atoms with E-state index in [0.717, 1.165) is 34.1 Å². The predicted molar refractivity (Wildman–Crippen MR) is 108 cm³/mol. The van der Waals surface area contributed by atoms with Crippen molar-refractivity contribution < 1.29 is 4.79 Å². The third-order valence-electron chi connectivity index (χ3n) is 4.16. The first-order valence-electron chi connectivity index (χ1n) is 8.73. The zero-order valence-corrected chi connectivity index (χ0v) is 15.8. The number of urea groups is 1. The number of rotatable bonds is 5. The number of fused-ring (bicyclic) bond motifs is 1. The molecule has 0 fully saturated rings. The molecule has 2 aromatic carbocycles. The lowest BCUT2D eigenvalue weighted by atomic mass is 10.1. The summed E-state index contributed by atoms with van der Waals surface area (Å²) in [5.41, 5.74) is 3.59. The molecule has 4 nitrogen and oxygen atoms in total. The fourth-order valence-electron chi connectivity index (χ4n) is 2.90. The number of aromatic nitrogens is 1. The zero-order chi connectivity index (χ0) is 18.5. The van der Waals surface area contributed by atoms with E-state index < -0.39 is 0 Å². The van der Waals surface area contributed by atoms with Crippen molar-refractivity contribution in [3.05, 3.63) is 70.9 Å². The first-order valence-corrected chi connectivity index (χ1v) is 9.11. The Labute approximate surface area is 158 Å². The van der Waals surface area contributed by atoms with E-state index in [4.69, 9.17) is 11.6 Å². The van der Waals surface area contributed by atoms with Crippen LogP contribution in [0.5, 0.6) is 0 Å². The van der Waals surface area contributed by atoms with Crippen molar-refractivity contribution >= 4 is 34.2 Å². The summed E-state index contributed by atoms with van der Waals surface area (Å²) in [6.07, 6.45) is 0.861. The molecule has 0 saturated carbocycles. The molecule has 134 valence electrons. The normalized spacial score (nSPS) is 10.7. The minimum absolute atomic E-state index is 0.137. The van der Waals surface area contributed by atoms with Crippen molar-refractivity contribution in [1.29, 1.82) is 0 Å². The van der Waals surface area contributed by atoms with E-state index in [9.17, 15) is 4.79 Å². The zero-order valence-electron chi connectivity index (χ0n) is 15.0. The van der Waals surface area contributed by atoms with Crippen LogP contribution in [0.15, 0.2) is 54.6 Å². The Morgan fingerprint density at radius 2 is 1.96 bits per heavy atom. The highest BCUT2D eigenvalue weighted by molar-refractivity contribution is 6.30. The van der Waals surface area contributed by atoms with Gasteiger partial charge in [-0.3, -0.25) is 0 Å². The molecule has 1 aromatic heterocycles. The first kappa shape index (κ1) is 18.2. The SMILES string of the molecule is CCCN(Cc1cc2ccccc2nc1Cl)C(=O)Nc1cccc(C)c1. The van der Waals surface area contributed by atoms with Crippen LogP contribution in [0.1, 0.15) is 24.5 Å². The molecule has 26 heavy (non-hydrogen) atoms. The van der Waals surface area contributed by atoms with Crippen molar-refractivity contribution in [2.75, 3.05) is 11.9 Å². The Kier molecular flexibility index (Phi) is 5.74. The quantitative estimate of drug-likeness (QED) is 0.593. The molecule has 0 atom stereocenters. The van der Waals surface area contributed by atoms with Gasteiger partial charge in [-0.1, -0.05) is 48.9 Å². The number of pyridine rings is 1. The summed E-state index contributed by atoms with van der Waals surface area (Å²) in [4.78, 5) is 19.0. The summed E-state index contributed by atoms with van der Waals surface area (Å²) in [7, 11) is 0. The van der Waals surface area contributed by atoms with Gasteiger partial charge in [-0.2, -0.15) is 0 Å². The Balaban J connectivity index is 1.81. The molecular formula is C21H22ClN3O. The molecule has 0 bridgehead atoms. The molecule has 0 saturated heterocycles. The van der Waals surface area contributed by atoms with E-state index in [-0.39, 0.29) is 6.03 Å². The summed E-state index contributed by atoms with van der Waals surface area (Å²) in [5.74, 6) is 0. The number of benzene rings is 2. The van der Waals surface area contributed by atoms with Crippen LogP contribution >= 0.6 is 11.6 Å². The van der Waals surface area contributed by atoms with Gasteiger partial charge < -0.3 is 10.2 Å². The predicted octanol–water partition coefficient (Wildman–Crippen LogP) is 5.64. The summed E-state index contributed by atoms with van der Waals surface area (Å²) >= 11 is 6.36. The highest BCUT2D eigenvalue weighted by atomic mass is 35.5. The molecule has 5 heteroatoms. The van der Waals surface area contributed by atoms with Crippen LogP contribution in [0.25, 0.3) is 10.9 Å². The summed E-state index contributed by atoms with van der Waals surface area (Å²) in [5, 5.41) is 4.42. The van der Waals surface area contributed by atoms with E-state index >= 15 is 0 Å². The maximum Gasteiger partial charge on any atom is 0.322 e. The molecule has 3 aromatic rings. The largest absolute Gasteiger partial charge is 0.322 e. The molecule has 0 aliphatic heterocycles. The smallest absolute Gasteiger partial charge is 0.320 e. The Hall–Kier alpha value is -2.59. The average Bonchev–Trinajstić information content (AvgIpc) is 2.62. The van der Waals surface area contributed by atoms with Crippen molar-refractivity contribution in [2.24, 2.45) is 0 Å². The molecular weight excluding hydrogens is 346 g/mol. The van der Waals surface area contributed by atoms with Crippen LogP contribution in [-0.4, -0.2) is 22.5 Å². The molecule has 1 heterocycles. The second kappa shape index (κ2) is 8.19. The molecule has 3 rings (SSSR count). The van der Waals surface area contributed by atoms with Crippen LogP contribution in [-0.2, 0) is 6.54 Å².